The van der Waals surface area contributed by atoms with Crippen LogP contribution in [0.5, 0.6) is 0 Å². The first-order valence-corrected chi connectivity index (χ1v) is 12.8. The first-order chi connectivity index (χ1) is 15.0. The van der Waals surface area contributed by atoms with Gasteiger partial charge in [-0.3, -0.25) is 4.79 Å². The molecule has 7 heteroatoms. The van der Waals surface area contributed by atoms with Crippen LogP contribution in [0.25, 0.3) is 0 Å². The Bertz CT molecular complexity index is 1210. The summed E-state index contributed by atoms with van der Waals surface area (Å²) in [4.78, 5) is 13.0. The van der Waals surface area contributed by atoms with Crippen molar-refractivity contribution in [2.24, 2.45) is 5.92 Å². The average Bonchev–Trinajstić information content (AvgIpc) is 3.21. The van der Waals surface area contributed by atoms with E-state index in [-0.39, 0.29) is 17.4 Å². The third-order valence-corrected chi connectivity index (χ3v) is 8.34. The summed E-state index contributed by atoms with van der Waals surface area (Å²) in [6.45, 7) is 5.21. The second-order valence-electron chi connectivity index (χ2n) is 9.73. The van der Waals surface area contributed by atoms with Crippen LogP contribution in [0.4, 0.5) is 0 Å². The molecular formula is C25H29NO5S. The van der Waals surface area contributed by atoms with E-state index >= 15 is 0 Å². The number of benzene rings is 1. The molecule has 0 radical (unpaired) electrons. The molecule has 2 aromatic rings. The van der Waals surface area contributed by atoms with Gasteiger partial charge in [0, 0.05) is 18.1 Å². The monoisotopic (exact) mass is 455 g/mol. The van der Waals surface area contributed by atoms with Crippen LogP contribution in [0.3, 0.4) is 0 Å². The van der Waals surface area contributed by atoms with Gasteiger partial charge >= 0.3 is 0 Å². The first kappa shape index (κ1) is 22.8. The molecule has 170 valence electrons. The van der Waals surface area contributed by atoms with Crippen molar-refractivity contribution in [3.8, 4) is 6.07 Å². The van der Waals surface area contributed by atoms with Gasteiger partial charge in [0.1, 0.15) is 5.75 Å². The molecule has 1 aromatic carbocycles. The van der Waals surface area contributed by atoms with Crippen LogP contribution in [0.15, 0.2) is 27.9 Å². The van der Waals surface area contributed by atoms with Crippen molar-refractivity contribution in [3.63, 3.8) is 0 Å². The van der Waals surface area contributed by atoms with Crippen LogP contribution in [0.1, 0.15) is 79.3 Å². The number of fused-ring (bicyclic) bond motifs is 1. The Morgan fingerprint density at radius 1 is 1.28 bits per heavy atom. The van der Waals surface area contributed by atoms with Crippen molar-refractivity contribution in [2.45, 2.75) is 75.9 Å². The van der Waals surface area contributed by atoms with E-state index in [1.54, 1.807) is 0 Å². The lowest BCUT2D eigenvalue weighted by Crippen LogP contribution is -2.20. The third kappa shape index (κ3) is 4.39. The van der Waals surface area contributed by atoms with Gasteiger partial charge in [-0.15, -0.1) is 0 Å². The lowest BCUT2D eigenvalue weighted by atomic mass is 9.84. The summed E-state index contributed by atoms with van der Waals surface area (Å²) in [5.41, 5.74) is 3.83. The largest absolute Gasteiger partial charge is 0.453 e. The van der Waals surface area contributed by atoms with Gasteiger partial charge in [0.05, 0.1) is 23.5 Å². The van der Waals surface area contributed by atoms with Crippen LogP contribution < -0.4 is 0 Å². The highest BCUT2D eigenvalue weighted by Gasteiger charge is 2.34. The van der Waals surface area contributed by atoms with Crippen molar-refractivity contribution in [1.29, 1.82) is 5.26 Å². The van der Waals surface area contributed by atoms with Crippen molar-refractivity contribution < 1.29 is 22.7 Å². The molecule has 0 saturated heterocycles. The number of sulfone groups is 1. The number of hydrogen-bond donors (Lipinski definition) is 1. The van der Waals surface area contributed by atoms with Crippen molar-refractivity contribution in [1.82, 2.24) is 0 Å². The van der Waals surface area contributed by atoms with Gasteiger partial charge in [-0.25, -0.2) is 8.42 Å². The number of aliphatic hydroxyl groups is 1. The molecule has 1 N–H and O–H groups in total. The van der Waals surface area contributed by atoms with Crippen molar-refractivity contribution >= 4 is 15.6 Å². The number of carbonyl (C=O) groups excluding carboxylic acids is 1. The maximum atomic E-state index is 13.0. The summed E-state index contributed by atoms with van der Waals surface area (Å²) >= 11 is 0. The maximum Gasteiger partial charge on any atom is 0.218 e. The van der Waals surface area contributed by atoms with Crippen LogP contribution in [-0.2, 0) is 39.5 Å². The Morgan fingerprint density at radius 3 is 2.56 bits per heavy atom. The van der Waals surface area contributed by atoms with Gasteiger partial charge in [0.25, 0.3) is 0 Å². The third-order valence-electron chi connectivity index (χ3n) is 6.81. The molecule has 6 nitrogen and oxygen atoms in total. The second kappa shape index (κ2) is 8.17. The SMILES string of the molecule is C[C@H](c1cc(C#N)c2c(c1CC(=O)CS(=O)(=O)c1cc(C(C)(C)O)co1)CCC2)C1CC1. The maximum absolute atomic E-state index is 13.0. The second-order valence-corrected chi connectivity index (χ2v) is 11.6. The summed E-state index contributed by atoms with van der Waals surface area (Å²) in [7, 11) is -3.96. The Morgan fingerprint density at radius 2 is 1.97 bits per heavy atom. The molecule has 0 bridgehead atoms. The average molecular weight is 456 g/mol. The zero-order valence-electron chi connectivity index (χ0n) is 18.8. The summed E-state index contributed by atoms with van der Waals surface area (Å²) in [6.07, 6.45) is 6.11. The molecule has 1 saturated carbocycles. The fourth-order valence-corrected chi connectivity index (χ4v) is 5.94. The fourth-order valence-electron chi connectivity index (χ4n) is 4.77. The zero-order valence-corrected chi connectivity index (χ0v) is 19.6. The smallest absolute Gasteiger partial charge is 0.218 e. The van der Waals surface area contributed by atoms with Crippen molar-refractivity contribution in [2.75, 3.05) is 5.75 Å². The number of furan rings is 1. The van der Waals surface area contributed by atoms with Gasteiger partial charge in [0.15, 0.2) is 5.78 Å². The summed E-state index contributed by atoms with van der Waals surface area (Å²) in [5, 5.41) is 19.4. The fraction of sp³-hybridized carbons (Fsp3) is 0.520. The Kier molecular flexibility index (Phi) is 5.81. The van der Waals surface area contributed by atoms with Gasteiger partial charge in [-0.1, -0.05) is 6.92 Å². The van der Waals surface area contributed by atoms with E-state index in [1.165, 1.54) is 26.2 Å². The Balaban J connectivity index is 1.62. The number of hydrogen-bond acceptors (Lipinski definition) is 6. The summed E-state index contributed by atoms with van der Waals surface area (Å²) < 4.78 is 30.8. The van der Waals surface area contributed by atoms with E-state index in [4.69, 9.17) is 4.42 Å². The molecule has 1 fully saturated rings. The quantitative estimate of drug-likeness (QED) is 0.645. The molecule has 4 rings (SSSR count). The van der Waals surface area contributed by atoms with Gasteiger partial charge < -0.3 is 9.52 Å². The molecule has 1 heterocycles. The van der Waals surface area contributed by atoms with E-state index in [0.29, 0.717) is 17.0 Å². The van der Waals surface area contributed by atoms with E-state index in [9.17, 15) is 23.6 Å². The number of nitriles is 1. The highest BCUT2D eigenvalue weighted by atomic mass is 32.2. The minimum absolute atomic E-state index is 0.0404. The molecule has 2 aliphatic carbocycles. The number of ketones is 1. The summed E-state index contributed by atoms with van der Waals surface area (Å²) in [5.74, 6) is -0.249. The lowest BCUT2D eigenvalue weighted by Gasteiger charge is -2.20. The zero-order chi connectivity index (χ0) is 23.3. The number of nitrogens with zero attached hydrogens (tertiary/aromatic N) is 1. The van der Waals surface area contributed by atoms with Crippen LogP contribution >= 0.6 is 0 Å². The van der Waals surface area contributed by atoms with E-state index in [2.05, 4.69) is 13.0 Å². The van der Waals surface area contributed by atoms with Crippen molar-refractivity contribution in [3.05, 3.63) is 51.8 Å². The molecule has 2 aliphatic rings. The van der Waals surface area contributed by atoms with Gasteiger partial charge in [-0.2, -0.15) is 5.26 Å². The van der Waals surface area contributed by atoms with Crippen LogP contribution in [0.2, 0.25) is 0 Å². The molecule has 0 unspecified atom stereocenters. The van der Waals surface area contributed by atoms with E-state index in [0.717, 1.165) is 54.4 Å². The first-order valence-electron chi connectivity index (χ1n) is 11.1. The molecule has 1 aromatic heterocycles. The van der Waals surface area contributed by atoms with Gasteiger partial charge in [0.2, 0.25) is 14.9 Å². The molecule has 32 heavy (non-hydrogen) atoms. The highest BCUT2D eigenvalue weighted by molar-refractivity contribution is 7.92. The Hall–Kier alpha value is -2.43. The predicted octanol–water partition coefficient (Wildman–Crippen LogP) is 3.97. The molecule has 0 amide bonds. The minimum Gasteiger partial charge on any atom is -0.453 e. The minimum atomic E-state index is -3.96. The molecular weight excluding hydrogens is 426 g/mol. The topological polar surface area (TPSA) is 108 Å². The molecule has 0 aliphatic heterocycles. The normalized spacial score (nSPS) is 17.1. The Labute approximate surface area is 189 Å². The van der Waals surface area contributed by atoms with E-state index < -0.39 is 27.0 Å². The predicted molar refractivity (Wildman–Crippen MR) is 119 cm³/mol. The van der Waals surface area contributed by atoms with Gasteiger partial charge in [-0.05, 0) is 86.1 Å². The molecule has 0 spiro atoms. The molecule has 1 atom stereocenters. The van der Waals surface area contributed by atoms with Crippen LogP contribution in [0, 0.1) is 17.2 Å². The van der Waals surface area contributed by atoms with E-state index in [1.807, 2.05) is 6.07 Å². The number of rotatable bonds is 8. The summed E-state index contributed by atoms with van der Waals surface area (Å²) in [6, 6.07) is 5.54. The number of carbonyl (C=O) groups is 1. The lowest BCUT2D eigenvalue weighted by molar-refractivity contribution is -0.116. The van der Waals surface area contributed by atoms with Crippen LogP contribution in [-0.4, -0.2) is 25.1 Å². The highest BCUT2D eigenvalue weighted by Crippen LogP contribution is 2.45. The number of Topliss-reactive ketones (excluding diaryl/α,β-unsaturated/α-hetero) is 1. The standard InChI is InChI=1S/C25H29NO5S/c1-15(16-7-8-16)22-9-17(12-26)20-5-4-6-21(20)23(22)11-19(27)14-32(29,30)24-10-18(13-31-24)25(2,3)28/h9-10,13,15-16,28H,4-8,11,14H2,1-3H3/t15-/m0/s1.